The van der Waals surface area contributed by atoms with E-state index in [9.17, 15) is 14.4 Å². The first kappa shape index (κ1) is 32.9. The molecule has 2 aliphatic rings. The van der Waals surface area contributed by atoms with Gasteiger partial charge in [0.15, 0.2) is 0 Å². The van der Waals surface area contributed by atoms with Crippen molar-refractivity contribution in [2.45, 2.75) is 88.8 Å². The minimum Gasteiger partial charge on any atom is -0.368 e. The Bertz CT molecular complexity index is 1470. The van der Waals surface area contributed by atoms with Gasteiger partial charge in [0, 0.05) is 49.4 Å². The Morgan fingerprint density at radius 3 is 2.17 bits per heavy atom. The maximum absolute atomic E-state index is 14.0. The van der Waals surface area contributed by atoms with E-state index >= 15 is 0 Å². The fourth-order valence-corrected chi connectivity index (χ4v) is 6.76. The van der Waals surface area contributed by atoms with Gasteiger partial charge in [0.05, 0.1) is 5.69 Å². The first-order chi connectivity index (χ1) is 22.3. The summed E-state index contributed by atoms with van der Waals surface area (Å²) in [4.78, 5) is 52.9. The number of carbonyl (C=O) groups excluding carboxylic acids is 3. The van der Waals surface area contributed by atoms with Crippen LogP contribution in [0, 0.1) is 0 Å². The molecule has 0 radical (unpaired) electrons. The molecule has 244 valence electrons. The van der Waals surface area contributed by atoms with E-state index in [1.165, 1.54) is 12.0 Å². The summed E-state index contributed by atoms with van der Waals surface area (Å²) in [5.74, 6) is 0.851. The molecule has 3 aromatic rings. The van der Waals surface area contributed by atoms with Crippen LogP contribution in [0.25, 0.3) is 0 Å². The number of fused-ring (bicyclic) bond motifs is 1. The lowest BCUT2D eigenvalue weighted by Crippen LogP contribution is -2.54. The highest BCUT2D eigenvalue weighted by atomic mass is 16.2. The van der Waals surface area contributed by atoms with Crippen molar-refractivity contribution in [1.82, 2.24) is 20.2 Å². The maximum Gasteiger partial charge on any atom is 0.254 e. The summed E-state index contributed by atoms with van der Waals surface area (Å²) in [7, 11) is 4.06. The molecular weight excluding hydrogens is 578 g/mol. The number of unbranched alkanes of at least 4 members (excludes halogenated alkanes) is 1. The summed E-state index contributed by atoms with van der Waals surface area (Å²) >= 11 is 0. The number of rotatable bonds is 13. The third-order valence-corrected chi connectivity index (χ3v) is 9.15. The van der Waals surface area contributed by atoms with E-state index in [4.69, 9.17) is 15.7 Å². The average Bonchev–Trinajstić information content (AvgIpc) is 3.08. The highest BCUT2D eigenvalue weighted by Gasteiger charge is 2.36. The van der Waals surface area contributed by atoms with Crippen molar-refractivity contribution in [2.24, 2.45) is 5.73 Å². The Balaban J connectivity index is 1.23. The molecule has 0 unspecified atom stereocenters. The van der Waals surface area contributed by atoms with Crippen molar-refractivity contribution in [3.8, 4) is 0 Å². The number of nitrogens with one attached hydrogen (secondary N) is 2. The summed E-state index contributed by atoms with van der Waals surface area (Å²) < 4.78 is 0. The van der Waals surface area contributed by atoms with Crippen molar-refractivity contribution < 1.29 is 14.4 Å². The summed E-state index contributed by atoms with van der Waals surface area (Å²) in [6.07, 6.45) is 9.16. The van der Waals surface area contributed by atoms with Crippen LogP contribution in [0.15, 0.2) is 60.7 Å². The average molecular weight is 626 g/mol. The van der Waals surface area contributed by atoms with Gasteiger partial charge in [-0.1, -0.05) is 36.4 Å². The zero-order chi connectivity index (χ0) is 32.5. The van der Waals surface area contributed by atoms with Crippen LogP contribution in [-0.4, -0.2) is 71.4 Å². The number of aromatic nitrogens is 2. The number of nitrogens with zero attached hydrogens (tertiary/aromatic N) is 4. The predicted molar refractivity (Wildman–Crippen MR) is 181 cm³/mol. The van der Waals surface area contributed by atoms with E-state index in [0.717, 1.165) is 56.5 Å². The number of hydrogen-bond donors (Lipinski definition) is 3. The van der Waals surface area contributed by atoms with E-state index in [1.54, 1.807) is 29.2 Å². The monoisotopic (exact) mass is 625 g/mol. The van der Waals surface area contributed by atoms with Crippen molar-refractivity contribution in [3.63, 3.8) is 0 Å². The molecular formula is C36H47N7O3. The molecule has 0 spiro atoms. The van der Waals surface area contributed by atoms with Crippen LogP contribution in [0.4, 0.5) is 11.8 Å². The lowest BCUT2D eigenvalue weighted by Gasteiger charge is -2.41. The highest BCUT2D eigenvalue weighted by molar-refractivity contribution is 5.97. The lowest BCUT2D eigenvalue weighted by atomic mass is 9.88. The van der Waals surface area contributed by atoms with Crippen LogP contribution < -0.4 is 21.3 Å². The van der Waals surface area contributed by atoms with Gasteiger partial charge < -0.3 is 26.2 Å². The second-order valence-electron chi connectivity index (χ2n) is 12.7. The Morgan fingerprint density at radius 1 is 0.870 bits per heavy atom. The number of benzene rings is 2. The van der Waals surface area contributed by atoms with Crippen LogP contribution in [0.3, 0.4) is 0 Å². The number of aryl methyl sites for hydroxylation is 1. The maximum atomic E-state index is 14.0. The molecule has 0 aliphatic heterocycles. The molecule has 10 heteroatoms. The fourth-order valence-electron chi connectivity index (χ4n) is 6.76. The van der Waals surface area contributed by atoms with Gasteiger partial charge in [0.25, 0.3) is 11.8 Å². The predicted octanol–water partition coefficient (Wildman–Crippen LogP) is 4.74. The number of anilines is 2. The zero-order valence-electron chi connectivity index (χ0n) is 27.1. The van der Waals surface area contributed by atoms with Crippen LogP contribution in [-0.2, 0) is 17.6 Å². The normalized spacial score (nSPS) is 18.1. The molecule has 0 bridgehead atoms. The molecule has 0 saturated heterocycles. The lowest BCUT2D eigenvalue weighted by molar-refractivity contribution is -0.123. The molecule has 4 N–H and O–H groups in total. The minimum atomic E-state index is -0.737. The van der Waals surface area contributed by atoms with Gasteiger partial charge in [-0.2, -0.15) is 4.98 Å². The van der Waals surface area contributed by atoms with Crippen molar-refractivity contribution in [2.75, 3.05) is 30.9 Å². The molecule has 5 rings (SSSR count). The van der Waals surface area contributed by atoms with Gasteiger partial charge in [0.2, 0.25) is 11.9 Å². The number of nitrogens with two attached hydrogens (primary N) is 1. The number of amides is 3. The standard InChI is InChI=1S/C36H47N7O3/c1-42(2)33-29-17-9-10-18-30(29)40-36(41-33)39-27-20-22-28(23-21-27)43(35(46)26-15-7-4-8-16-26)31(32(37)44)19-11-12-24-38-34(45)25-13-5-3-6-14-25/h3-8,13-16,27-28,31H,9-12,17-24H2,1-2H3,(H2,37,44)(H,38,45)(H,39,40,41)/t27-,28+,31-/m0/s1. The van der Waals surface area contributed by atoms with Crippen molar-refractivity contribution in [1.29, 1.82) is 0 Å². The van der Waals surface area contributed by atoms with Crippen molar-refractivity contribution >= 4 is 29.5 Å². The van der Waals surface area contributed by atoms with Crippen LogP contribution in [0.5, 0.6) is 0 Å². The second-order valence-corrected chi connectivity index (χ2v) is 12.7. The summed E-state index contributed by atoms with van der Waals surface area (Å²) in [5, 5.41) is 6.53. The Hall–Kier alpha value is -4.47. The van der Waals surface area contributed by atoms with Crippen LogP contribution in [0.1, 0.15) is 89.8 Å². The highest BCUT2D eigenvalue weighted by Crippen LogP contribution is 2.31. The molecule has 2 aliphatic carbocycles. The zero-order valence-corrected chi connectivity index (χ0v) is 27.1. The Labute approximate surface area is 272 Å². The largest absolute Gasteiger partial charge is 0.368 e. The van der Waals surface area contributed by atoms with Crippen LogP contribution >= 0.6 is 0 Å². The smallest absolute Gasteiger partial charge is 0.254 e. The number of primary amides is 1. The van der Waals surface area contributed by atoms with Gasteiger partial charge in [-0.05, 0) is 94.9 Å². The molecule has 1 fully saturated rings. The molecule has 1 saturated carbocycles. The third-order valence-electron chi connectivity index (χ3n) is 9.15. The number of carbonyl (C=O) groups is 3. The molecule has 2 aromatic carbocycles. The van der Waals surface area contributed by atoms with E-state index in [-0.39, 0.29) is 23.9 Å². The molecule has 10 nitrogen and oxygen atoms in total. The first-order valence-electron chi connectivity index (χ1n) is 16.7. The number of hydrogen-bond acceptors (Lipinski definition) is 7. The minimum absolute atomic E-state index is 0.122. The van der Waals surface area contributed by atoms with Crippen molar-refractivity contribution in [3.05, 3.63) is 83.0 Å². The summed E-state index contributed by atoms with van der Waals surface area (Å²) in [6, 6.07) is 17.5. The van der Waals surface area contributed by atoms with E-state index in [2.05, 4.69) is 15.5 Å². The van der Waals surface area contributed by atoms with Gasteiger partial charge in [-0.3, -0.25) is 14.4 Å². The third kappa shape index (κ3) is 8.21. The summed E-state index contributed by atoms with van der Waals surface area (Å²) in [5.41, 5.74) is 9.55. The van der Waals surface area contributed by atoms with E-state index in [0.29, 0.717) is 42.9 Å². The Kier molecular flexibility index (Phi) is 11.2. The van der Waals surface area contributed by atoms with Crippen LogP contribution in [0.2, 0.25) is 0 Å². The molecule has 1 aromatic heterocycles. The van der Waals surface area contributed by atoms with Gasteiger partial charge in [-0.25, -0.2) is 4.98 Å². The molecule has 3 amide bonds. The topological polar surface area (TPSA) is 134 Å². The summed E-state index contributed by atoms with van der Waals surface area (Å²) in [6.45, 7) is 0.475. The quantitative estimate of drug-likeness (QED) is 0.234. The molecule has 1 atom stereocenters. The first-order valence-corrected chi connectivity index (χ1v) is 16.7. The second kappa shape index (κ2) is 15.7. The fraction of sp³-hybridized carbons (Fsp3) is 0.472. The van der Waals surface area contributed by atoms with E-state index in [1.807, 2.05) is 50.5 Å². The Morgan fingerprint density at radius 2 is 1.52 bits per heavy atom. The molecule has 1 heterocycles. The van der Waals surface area contributed by atoms with Gasteiger partial charge in [0.1, 0.15) is 11.9 Å². The SMILES string of the molecule is CN(C)c1nc(N[C@H]2CC[C@@H](N(C(=O)c3ccccc3)[C@@H](CCCCNC(=O)c3ccccc3)C(N)=O)CC2)nc2c1CCCC2. The molecule has 46 heavy (non-hydrogen) atoms. The van der Waals surface area contributed by atoms with Gasteiger partial charge in [-0.15, -0.1) is 0 Å². The van der Waals surface area contributed by atoms with Gasteiger partial charge >= 0.3 is 0 Å². The van der Waals surface area contributed by atoms with E-state index < -0.39 is 11.9 Å².